The van der Waals surface area contributed by atoms with Gasteiger partial charge >= 0.3 is 12.1 Å². The Bertz CT molecular complexity index is 3370. The SMILES string of the molecule is Cc1c(OC2CCC(CCCCN3CCN(c4ccc5c(C6CCC(=O)NC6=O)nn(C)c5c4)[C@@H](C(F)(F)F)C3)CC2)cccc1-c1ccc(N2CCc3cccc(C(=O)Nc4nc5ccccc5s4)c3C2)nc1C(=O)O. The zero-order chi connectivity index (χ0) is 53.5. The lowest BCUT2D eigenvalue weighted by Gasteiger charge is -2.43. The van der Waals surface area contributed by atoms with Crippen molar-refractivity contribution in [2.45, 2.75) is 102 Å². The Labute approximate surface area is 447 Å². The fraction of sp³-hybridized carbons (Fsp3) is 0.397. The van der Waals surface area contributed by atoms with Crippen molar-refractivity contribution in [3.8, 4) is 16.9 Å². The molecule has 4 aliphatic rings. The smallest absolute Gasteiger partial charge is 0.409 e. The number of aromatic nitrogens is 4. The lowest BCUT2D eigenvalue weighted by molar-refractivity contribution is -0.156. The molecule has 3 aliphatic heterocycles. The number of amides is 3. The number of unbranched alkanes of at least 4 members (excludes halogenated alkanes) is 1. The molecule has 6 heterocycles. The van der Waals surface area contributed by atoms with Crippen molar-refractivity contribution in [1.29, 1.82) is 0 Å². The number of anilines is 3. The van der Waals surface area contributed by atoms with Crippen molar-refractivity contribution in [3.63, 3.8) is 0 Å². The molecule has 2 saturated heterocycles. The monoisotopic (exact) mass is 1070 g/mol. The van der Waals surface area contributed by atoms with Crippen LogP contribution in [0.5, 0.6) is 5.75 Å². The van der Waals surface area contributed by atoms with Gasteiger partial charge in [-0.25, -0.2) is 14.8 Å². The van der Waals surface area contributed by atoms with Crippen LogP contribution in [0.1, 0.15) is 107 Å². The summed E-state index contributed by atoms with van der Waals surface area (Å²) in [5.41, 5.74) is 6.87. The van der Waals surface area contributed by atoms with E-state index >= 15 is 0 Å². The molecule has 3 N–H and O–H groups in total. The van der Waals surface area contributed by atoms with E-state index in [1.54, 1.807) is 36.0 Å². The fourth-order valence-corrected chi connectivity index (χ4v) is 12.8. The van der Waals surface area contributed by atoms with Gasteiger partial charge in [-0.05, 0) is 141 Å². The second-order valence-corrected chi connectivity index (χ2v) is 21.9. The normalized spacial score (nSPS) is 20.3. The Morgan fingerprint density at radius 3 is 2.49 bits per heavy atom. The van der Waals surface area contributed by atoms with Crippen LogP contribution in [-0.4, -0.2) is 104 Å². The molecule has 0 spiro atoms. The molecule has 400 valence electrons. The quantitative estimate of drug-likeness (QED) is 0.0696. The number of piperidine rings is 1. The summed E-state index contributed by atoms with van der Waals surface area (Å²) in [7, 11) is 1.71. The molecule has 15 nitrogen and oxygen atoms in total. The molecule has 0 bridgehead atoms. The number of carbonyl (C=O) groups excluding carboxylic acids is 3. The first-order valence-corrected chi connectivity index (χ1v) is 27.4. The Morgan fingerprint density at radius 1 is 0.883 bits per heavy atom. The highest BCUT2D eigenvalue weighted by Gasteiger charge is 2.47. The summed E-state index contributed by atoms with van der Waals surface area (Å²) in [6.07, 6.45) is 3.19. The van der Waals surface area contributed by atoms with Gasteiger partial charge in [-0.2, -0.15) is 18.3 Å². The van der Waals surface area contributed by atoms with Crippen LogP contribution in [0.25, 0.3) is 32.2 Å². The van der Waals surface area contributed by atoms with Crippen molar-refractivity contribution in [1.82, 2.24) is 30.0 Å². The molecule has 1 aliphatic carbocycles. The number of ether oxygens (including phenoxy) is 1. The number of carboxylic acids is 1. The number of rotatable bonds is 14. The molecule has 3 aromatic heterocycles. The van der Waals surface area contributed by atoms with E-state index < -0.39 is 30.0 Å². The third kappa shape index (κ3) is 10.8. The fourth-order valence-electron chi connectivity index (χ4n) is 11.9. The number of benzene rings is 4. The predicted molar refractivity (Wildman–Crippen MR) is 290 cm³/mol. The average Bonchev–Trinajstić information content (AvgIpc) is 4.10. The number of fused-ring (bicyclic) bond motifs is 3. The maximum atomic E-state index is 14.7. The number of pyridine rings is 1. The van der Waals surface area contributed by atoms with E-state index in [4.69, 9.17) is 9.72 Å². The van der Waals surface area contributed by atoms with Crippen LogP contribution in [0.4, 0.5) is 29.8 Å². The summed E-state index contributed by atoms with van der Waals surface area (Å²) in [5.74, 6) is -1.02. The van der Waals surface area contributed by atoms with Crippen LogP contribution in [0.15, 0.2) is 91.0 Å². The van der Waals surface area contributed by atoms with E-state index in [0.29, 0.717) is 95.0 Å². The Morgan fingerprint density at radius 2 is 1.70 bits per heavy atom. The maximum absolute atomic E-state index is 14.7. The van der Waals surface area contributed by atoms with Gasteiger partial charge in [-0.15, -0.1) is 0 Å². The largest absolute Gasteiger partial charge is 0.490 e. The number of imide groups is 1. The summed E-state index contributed by atoms with van der Waals surface area (Å²) in [5, 5.41) is 21.7. The number of nitrogens with zero attached hydrogens (tertiary/aromatic N) is 7. The first-order chi connectivity index (χ1) is 37.1. The number of aryl methyl sites for hydroxylation is 1. The van der Waals surface area contributed by atoms with E-state index in [2.05, 4.69) is 20.7 Å². The molecule has 77 heavy (non-hydrogen) atoms. The minimum absolute atomic E-state index is 0.00335. The van der Waals surface area contributed by atoms with Gasteiger partial charge in [0.2, 0.25) is 11.8 Å². The minimum atomic E-state index is -4.44. The van der Waals surface area contributed by atoms with Crippen molar-refractivity contribution >= 4 is 72.8 Å². The van der Waals surface area contributed by atoms with E-state index in [0.717, 1.165) is 77.4 Å². The van der Waals surface area contributed by atoms with Gasteiger partial charge in [0.05, 0.1) is 33.4 Å². The van der Waals surface area contributed by atoms with E-state index in [-0.39, 0.29) is 43.1 Å². The highest BCUT2D eigenvalue weighted by atomic mass is 32.1. The molecule has 1 saturated carbocycles. The van der Waals surface area contributed by atoms with Crippen LogP contribution in [0, 0.1) is 12.8 Å². The van der Waals surface area contributed by atoms with Crippen LogP contribution in [-0.2, 0) is 29.6 Å². The number of nitrogens with one attached hydrogen (secondary N) is 2. The van der Waals surface area contributed by atoms with Gasteiger partial charge in [-0.3, -0.25) is 34.6 Å². The van der Waals surface area contributed by atoms with Crippen LogP contribution >= 0.6 is 11.3 Å². The molecule has 19 heteroatoms. The Balaban J connectivity index is 0.668. The minimum Gasteiger partial charge on any atom is -0.490 e. The number of carbonyl (C=O) groups is 4. The lowest BCUT2D eigenvalue weighted by Crippen LogP contribution is -2.59. The number of carboxylic acid groups (broad SMARTS) is 1. The Hall–Kier alpha value is -7.38. The van der Waals surface area contributed by atoms with E-state index in [1.807, 2.05) is 83.5 Å². The summed E-state index contributed by atoms with van der Waals surface area (Å²) < 4.78 is 53.4. The average molecular weight is 1070 g/mol. The number of aromatic carboxylic acids is 1. The topological polar surface area (TPSA) is 175 Å². The van der Waals surface area contributed by atoms with E-state index in [9.17, 15) is 37.5 Å². The highest BCUT2D eigenvalue weighted by molar-refractivity contribution is 7.22. The lowest BCUT2D eigenvalue weighted by atomic mass is 9.84. The van der Waals surface area contributed by atoms with Gasteiger partial charge in [0.1, 0.15) is 17.6 Å². The summed E-state index contributed by atoms with van der Waals surface area (Å²) in [4.78, 5) is 65.6. The van der Waals surface area contributed by atoms with Gasteiger partial charge in [0.15, 0.2) is 10.8 Å². The van der Waals surface area contributed by atoms with Crippen LogP contribution in [0.2, 0.25) is 0 Å². The number of alkyl halides is 3. The second-order valence-electron chi connectivity index (χ2n) is 20.9. The number of thiazole rings is 1. The summed E-state index contributed by atoms with van der Waals surface area (Å²) in [6.45, 7) is 4.12. The molecule has 4 aromatic carbocycles. The highest BCUT2D eigenvalue weighted by Crippen LogP contribution is 2.39. The van der Waals surface area contributed by atoms with Crippen LogP contribution < -0.4 is 25.2 Å². The van der Waals surface area contributed by atoms with Crippen LogP contribution in [0.3, 0.4) is 0 Å². The number of halogens is 3. The van der Waals surface area contributed by atoms with E-state index in [1.165, 1.54) is 16.2 Å². The zero-order valence-electron chi connectivity index (χ0n) is 42.9. The molecule has 2 atom stereocenters. The second kappa shape index (κ2) is 21.6. The molecule has 11 rings (SSSR count). The van der Waals surface area contributed by atoms with Gasteiger partial charge in [0, 0.05) is 68.4 Å². The predicted octanol–water partition coefficient (Wildman–Crippen LogP) is 10.4. The Kier molecular flexibility index (Phi) is 14.5. The summed E-state index contributed by atoms with van der Waals surface area (Å²) in [6, 6.07) is 26.3. The first-order valence-electron chi connectivity index (χ1n) is 26.5. The van der Waals surface area contributed by atoms with Crippen molar-refractivity contribution in [3.05, 3.63) is 125 Å². The van der Waals surface area contributed by atoms with Crippen molar-refractivity contribution in [2.24, 2.45) is 13.0 Å². The van der Waals surface area contributed by atoms with Gasteiger partial charge in [0.25, 0.3) is 5.91 Å². The molecular weight excluding hydrogens is 1010 g/mol. The number of hydrogen-bond acceptors (Lipinski definition) is 12. The number of hydrogen-bond donors (Lipinski definition) is 3. The molecular formula is C58H60F3N9O6S. The maximum Gasteiger partial charge on any atom is 0.409 e. The third-order valence-corrected chi connectivity index (χ3v) is 17.0. The zero-order valence-corrected chi connectivity index (χ0v) is 43.8. The third-order valence-electron chi connectivity index (χ3n) is 16.0. The molecule has 3 fully saturated rings. The van der Waals surface area contributed by atoms with Gasteiger partial charge in [-0.1, -0.05) is 60.6 Å². The summed E-state index contributed by atoms with van der Waals surface area (Å²) >= 11 is 1.42. The molecule has 1 unspecified atom stereocenters. The van der Waals surface area contributed by atoms with Crippen molar-refractivity contribution in [2.75, 3.05) is 47.8 Å². The molecule has 3 amide bonds. The molecule has 7 aromatic rings. The van der Waals surface area contributed by atoms with Crippen molar-refractivity contribution < 1.29 is 42.2 Å². The number of piperazine rings is 1. The number of para-hydroxylation sites is 1. The van der Waals surface area contributed by atoms with Gasteiger partial charge < -0.3 is 19.6 Å². The first kappa shape index (κ1) is 51.7. The molecule has 0 radical (unpaired) electrons. The standard InChI is InChI=1S/C58H60F3N9O6S/c1-34-39(40-22-24-50(63-53(40)56(74)75)69-28-26-36-10-7-12-41(44(36)32-69)54(72)65-57-62-45-13-3-4-15-48(45)77-57)11-8-14-47(34)76-38-19-16-35(17-20-38)9-5-6-27-68-29-30-70(49(33-68)58(59,60)61)37-18-21-42-46(31-37)67(2)66-52(42)43-23-25-51(71)64-55(43)73/h3-4,7-8,10-15,18,21-22,24,31,35,38,43,49H,5-6,9,16-17,19-20,23,25-30,32-33H2,1-2H3,(H,74,75)(H,62,65,72)(H,64,71,73)/t35?,38?,43?,49-/m1/s1.